The van der Waals surface area contributed by atoms with E-state index in [1.54, 1.807) is 12.1 Å². The molecule has 0 fully saturated rings. The number of nitrogens with one attached hydrogen (secondary N) is 1. The number of anilines is 1. The summed E-state index contributed by atoms with van der Waals surface area (Å²) in [6.45, 7) is 5.55. The number of carbonyl (C=O) groups is 1. The normalized spacial score (nSPS) is 16.3. The topological polar surface area (TPSA) is 98.1 Å². The number of aryl methyl sites for hydroxylation is 2. The number of hydrogen-bond donors (Lipinski definition) is 2. The van der Waals surface area contributed by atoms with Crippen LogP contribution in [-0.4, -0.2) is 21.5 Å². The van der Waals surface area contributed by atoms with E-state index < -0.39 is 5.60 Å². The van der Waals surface area contributed by atoms with Crippen LogP contribution in [0.1, 0.15) is 66.7 Å². The van der Waals surface area contributed by atoms with Crippen LogP contribution in [0.2, 0.25) is 0 Å². The SMILES string of the molecule is CC(C)(C)OC(=O)c1ccc(CCC2CCc3nc(N)[nH]c(=O)c32)cc1. The predicted molar refractivity (Wildman–Crippen MR) is 100 cm³/mol. The number of carbonyl (C=O) groups excluding carboxylic acids is 1. The van der Waals surface area contributed by atoms with Crippen molar-refractivity contribution in [2.24, 2.45) is 0 Å². The molecule has 0 saturated carbocycles. The van der Waals surface area contributed by atoms with E-state index in [2.05, 4.69) is 9.97 Å². The number of nitrogens with zero attached hydrogens (tertiary/aromatic N) is 1. The Balaban J connectivity index is 1.64. The van der Waals surface area contributed by atoms with Crippen LogP contribution in [0.25, 0.3) is 0 Å². The van der Waals surface area contributed by atoms with E-state index in [-0.39, 0.29) is 23.4 Å². The van der Waals surface area contributed by atoms with Crippen LogP contribution in [0.15, 0.2) is 29.1 Å². The van der Waals surface area contributed by atoms with Gasteiger partial charge < -0.3 is 10.5 Å². The summed E-state index contributed by atoms with van der Waals surface area (Å²) >= 11 is 0. The van der Waals surface area contributed by atoms with E-state index in [9.17, 15) is 9.59 Å². The molecule has 0 bridgehead atoms. The van der Waals surface area contributed by atoms with Gasteiger partial charge in [-0.15, -0.1) is 0 Å². The van der Waals surface area contributed by atoms with Crippen molar-refractivity contribution >= 4 is 11.9 Å². The molecule has 0 saturated heterocycles. The third kappa shape index (κ3) is 4.12. The number of esters is 1. The van der Waals surface area contributed by atoms with Gasteiger partial charge in [0.1, 0.15) is 5.60 Å². The summed E-state index contributed by atoms with van der Waals surface area (Å²) in [5.41, 5.74) is 8.28. The smallest absolute Gasteiger partial charge is 0.338 e. The monoisotopic (exact) mass is 355 g/mol. The molecular formula is C20H25N3O3. The van der Waals surface area contributed by atoms with E-state index in [0.717, 1.165) is 42.5 Å². The zero-order valence-corrected chi connectivity index (χ0v) is 15.5. The summed E-state index contributed by atoms with van der Waals surface area (Å²) < 4.78 is 5.37. The van der Waals surface area contributed by atoms with Crippen molar-refractivity contribution in [3.05, 3.63) is 57.0 Å². The number of nitrogen functional groups attached to an aromatic ring is 1. The lowest BCUT2D eigenvalue weighted by Crippen LogP contribution is -2.23. The quantitative estimate of drug-likeness (QED) is 0.822. The third-order valence-electron chi connectivity index (χ3n) is 4.56. The molecule has 0 aliphatic heterocycles. The first kappa shape index (κ1) is 18.2. The number of H-pyrrole nitrogens is 1. The van der Waals surface area contributed by atoms with E-state index in [4.69, 9.17) is 10.5 Å². The molecule has 26 heavy (non-hydrogen) atoms. The van der Waals surface area contributed by atoms with Crippen LogP contribution >= 0.6 is 0 Å². The first-order valence-electron chi connectivity index (χ1n) is 8.94. The molecule has 1 aliphatic rings. The summed E-state index contributed by atoms with van der Waals surface area (Å²) in [5, 5.41) is 0. The molecule has 6 nitrogen and oxygen atoms in total. The zero-order valence-electron chi connectivity index (χ0n) is 15.5. The van der Waals surface area contributed by atoms with Crippen LogP contribution < -0.4 is 11.3 Å². The molecular weight excluding hydrogens is 330 g/mol. The fourth-order valence-electron chi connectivity index (χ4n) is 3.39. The lowest BCUT2D eigenvalue weighted by molar-refractivity contribution is 0.00695. The molecule has 1 unspecified atom stereocenters. The predicted octanol–water partition coefficient (Wildman–Crippen LogP) is 2.97. The standard InChI is InChI=1S/C20H25N3O3/c1-20(2,3)26-18(25)14-8-5-12(6-9-14)4-7-13-10-11-15-16(13)17(24)23-19(21)22-15/h5-6,8-9,13H,4,7,10-11H2,1-3H3,(H3,21,22,23,24). The highest BCUT2D eigenvalue weighted by Crippen LogP contribution is 2.33. The number of benzene rings is 1. The summed E-state index contributed by atoms with van der Waals surface area (Å²) in [4.78, 5) is 31.1. The average molecular weight is 355 g/mol. The van der Waals surface area contributed by atoms with Crippen LogP contribution in [0.4, 0.5) is 5.95 Å². The van der Waals surface area contributed by atoms with Crippen molar-refractivity contribution in [3.63, 3.8) is 0 Å². The molecule has 2 aromatic rings. The highest BCUT2D eigenvalue weighted by atomic mass is 16.6. The molecule has 6 heteroatoms. The minimum absolute atomic E-state index is 0.115. The summed E-state index contributed by atoms with van der Waals surface area (Å²) in [6, 6.07) is 7.48. The Labute approximate surface area is 152 Å². The number of hydrogen-bond acceptors (Lipinski definition) is 5. The molecule has 138 valence electrons. The van der Waals surface area contributed by atoms with Crippen LogP contribution in [0.5, 0.6) is 0 Å². The van der Waals surface area contributed by atoms with Gasteiger partial charge in [0.05, 0.1) is 11.3 Å². The van der Waals surface area contributed by atoms with Gasteiger partial charge in [0.25, 0.3) is 5.56 Å². The van der Waals surface area contributed by atoms with E-state index in [1.807, 2.05) is 32.9 Å². The lowest BCUT2D eigenvalue weighted by atomic mass is 9.95. The van der Waals surface area contributed by atoms with Crippen molar-refractivity contribution < 1.29 is 9.53 Å². The van der Waals surface area contributed by atoms with Gasteiger partial charge in [-0.3, -0.25) is 9.78 Å². The van der Waals surface area contributed by atoms with Crippen LogP contribution in [-0.2, 0) is 17.6 Å². The number of ether oxygens (including phenoxy) is 1. The molecule has 1 atom stereocenters. The van der Waals surface area contributed by atoms with Gasteiger partial charge in [-0.2, -0.15) is 0 Å². The maximum absolute atomic E-state index is 12.2. The molecule has 0 amide bonds. The summed E-state index contributed by atoms with van der Waals surface area (Å²) in [6.07, 6.45) is 3.42. The largest absolute Gasteiger partial charge is 0.456 e. The van der Waals surface area contributed by atoms with Crippen molar-refractivity contribution in [1.29, 1.82) is 0 Å². The average Bonchev–Trinajstić information content (AvgIpc) is 2.95. The fraction of sp³-hybridized carbons (Fsp3) is 0.450. The second-order valence-electron chi connectivity index (χ2n) is 7.78. The second-order valence-corrected chi connectivity index (χ2v) is 7.78. The molecule has 1 aromatic carbocycles. The number of aromatic amines is 1. The number of fused-ring (bicyclic) bond motifs is 1. The van der Waals surface area contributed by atoms with Crippen molar-refractivity contribution in [1.82, 2.24) is 9.97 Å². The Bertz CT molecular complexity index is 863. The van der Waals surface area contributed by atoms with Crippen LogP contribution in [0, 0.1) is 0 Å². The van der Waals surface area contributed by atoms with Gasteiger partial charge in [0.2, 0.25) is 5.95 Å². The minimum atomic E-state index is -0.504. The molecule has 0 spiro atoms. The van der Waals surface area contributed by atoms with Gasteiger partial charge in [0.15, 0.2) is 0 Å². The zero-order chi connectivity index (χ0) is 18.9. The minimum Gasteiger partial charge on any atom is -0.456 e. The fourth-order valence-corrected chi connectivity index (χ4v) is 3.39. The van der Waals surface area contributed by atoms with Gasteiger partial charge >= 0.3 is 5.97 Å². The molecule has 1 aliphatic carbocycles. The van der Waals surface area contributed by atoms with Crippen molar-refractivity contribution in [2.75, 3.05) is 5.73 Å². The molecule has 3 rings (SSSR count). The number of rotatable bonds is 4. The van der Waals surface area contributed by atoms with Gasteiger partial charge in [-0.25, -0.2) is 9.78 Å². The Hall–Kier alpha value is -2.63. The van der Waals surface area contributed by atoms with E-state index in [0.29, 0.717) is 5.56 Å². The highest BCUT2D eigenvalue weighted by molar-refractivity contribution is 5.89. The molecule has 0 radical (unpaired) electrons. The van der Waals surface area contributed by atoms with E-state index >= 15 is 0 Å². The first-order chi connectivity index (χ1) is 12.2. The van der Waals surface area contributed by atoms with Crippen molar-refractivity contribution in [2.45, 2.75) is 58.0 Å². The van der Waals surface area contributed by atoms with Gasteiger partial charge in [0, 0.05) is 5.56 Å². The Kier molecular flexibility index (Phi) is 4.85. The molecule has 1 aromatic heterocycles. The Morgan fingerprint density at radius 1 is 1.31 bits per heavy atom. The number of nitrogens with two attached hydrogens (primary N) is 1. The van der Waals surface area contributed by atoms with Gasteiger partial charge in [-0.05, 0) is 70.1 Å². The van der Waals surface area contributed by atoms with Crippen molar-refractivity contribution in [3.8, 4) is 0 Å². The molecule has 3 N–H and O–H groups in total. The second kappa shape index (κ2) is 6.94. The Morgan fingerprint density at radius 3 is 2.65 bits per heavy atom. The lowest BCUT2D eigenvalue weighted by Gasteiger charge is -2.19. The van der Waals surface area contributed by atoms with Gasteiger partial charge in [-0.1, -0.05) is 12.1 Å². The highest BCUT2D eigenvalue weighted by Gasteiger charge is 2.27. The first-order valence-corrected chi connectivity index (χ1v) is 8.94. The van der Waals surface area contributed by atoms with Crippen LogP contribution in [0.3, 0.4) is 0 Å². The molecule has 1 heterocycles. The third-order valence-corrected chi connectivity index (χ3v) is 4.56. The Morgan fingerprint density at radius 2 is 2.00 bits per heavy atom. The number of aromatic nitrogens is 2. The maximum atomic E-state index is 12.2. The van der Waals surface area contributed by atoms with E-state index in [1.165, 1.54) is 0 Å². The maximum Gasteiger partial charge on any atom is 0.338 e. The summed E-state index contributed by atoms with van der Waals surface area (Å²) in [5.74, 6) is 0.0727. The summed E-state index contributed by atoms with van der Waals surface area (Å²) in [7, 11) is 0.